The Morgan fingerprint density at radius 3 is 1.93 bits per heavy atom. The molecule has 1 heterocycles. The smallest absolute Gasteiger partial charge is 0.210 e. The van der Waals surface area contributed by atoms with E-state index in [0.29, 0.717) is 19.6 Å². The molecular weight excluding hydrogens is 420 g/mol. The number of benzene rings is 2. The summed E-state index contributed by atoms with van der Waals surface area (Å²) in [5.74, 6) is 0. The molecule has 1 N–H and O–H groups in total. The number of rotatable bonds is 7. The number of nitrogens with one attached hydrogen (secondary N) is 1. The highest BCUT2D eigenvalue weighted by Crippen LogP contribution is 2.40. The Balaban J connectivity index is 1.51. The monoisotopic (exact) mass is 448 g/mol. The summed E-state index contributed by atoms with van der Waals surface area (Å²) in [7, 11) is -7.29. The average Bonchev–Trinajstić information content (AvgIpc) is 3.46. The van der Waals surface area contributed by atoms with Gasteiger partial charge in [-0.2, -0.15) is 4.31 Å². The van der Waals surface area contributed by atoms with Crippen molar-refractivity contribution in [2.24, 2.45) is 0 Å². The molecule has 0 amide bonds. The van der Waals surface area contributed by atoms with Gasteiger partial charge in [0.15, 0.2) is 0 Å². The van der Waals surface area contributed by atoms with Crippen molar-refractivity contribution < 1.29 is 16.8 Å². The average molecular weight is 449 g/mol. The third-order valence-corrected chi connectivity index (χ3v) is 9.71. The van der Waals surface area contributed by atoms with Crippen LogP contribution in [-0.4, -0.2) is 40.8 Å². The van der Waals surface area contributed by atoms with Crippen LogP contribution in [0.5, 0.6) is 0 Å². The van der Waals surface area contributed by atoms with Crippen LogP contribution in [0, 0.1) is 0 Å². The van der Waals surface area contributed by atoms with Crippen LogP contribution in [0.3, 0.4) is 0 Å². The van der Waals surface area contributed by atoms with E-state index in [0.717, 1.165) is 44.1 Å². The van der Waals surface area contributed by atoms with Gasteiger partial charge in [-0.1, -0.05) is 43.2 Å². The van der Waals surface area contributed by atoms with Gasteiger partial charge in [0.25, 0.3) is 0 Å². The van der Waals surface area contributed by atoms with Gasteiger partial charge in [0.1, 0.15) is 0 Å². The maximum absolute atomic E-state index is 12.9. The fourth-order valence-electron chi connectivity index (χ4n) is 4.60. The number of hydrogen-bond donors (Lipinski definition) is 1. The van der Waals surface area contributed by atoms with Crippen molar-refractivity contribution in [2.45, 2.75) is 53.7 Å². The van der Waals surface area contributed by atoms with E-state index in [2.05, 4.69) is 16.9 Å². The molecule has 0 aromatic heterocycles. The number of sulfonamides is 2. The molecule has 0 unspecified atom stereocenters. The summed E-state index contributed by atoms with van der Waals surface area (Å²) >= 11 is 0. The minimum absolute atomic E-state index is 0.0871. The van der Waals surface area contributed by atoms with Crippen LogP contribution < -0.4 is 4.72 Å². The highest BCUT2D eigenvalue weighted by Gasteiger charge is 2.36. The summed E-state index contributed by atoms with van der Waals surface area (Å²) in [4.78, 5) is 0.226. The zero-order valence-electron chi connectivity index (χ0n) is 17.0. The van der Waals surface area contributed by atoms with Crippen LogP contribution in [0.15, 0.2) is 64.4 Å². The SMILES string of the molecule is O=S(=O)(NCC1(c2ccccc2)CCCC1)c1ccc(S(=O)(=O)N2CCCC2)cc1. The second kappa shape index (κ2) is 8.42. The number of hydrogen-bond acceptors (Lipinski definition) is 4. The topological polar surface area (TPSA) is 83.5 Å². The third kappa shape index (κ3) is 4.19. The standard InChI is InChI=1S/C22H28N2O4S2/c25-29(26,23-18-22(14-4-5-15-22)19-8-2-1-3-9-19)20-10-12-21(13-11-20)30(27,28)24-16-6-7-17-24/h1-3,8-13,23H,4-7,14-18H2. The van der Waals surface area contributed by atoms with Crippen molar-refractivity contribution in [2.75, 3.05) is 19.6 Å². The molecule has 1 saturated heterocycles. The van der Waals surface area contributed by atoms with Crippen LogP contribution in [0.4, 0.5) is 0 Å². The fraction of sp³-hybridized carbons (Fsp3) is 0.455. The van der Waals surface area contributed by atoms with E-state index in [9.17, 15) is 16.8 Å². The molecule has 8 heteroatoms. The first kappa shape index (κ1) is 21.5. The van der Waals surface area contributed by atoms with Crippen LogP contribution in [0.25, 0.3) is 0 Å². The Morgan fingerprint density at radius 2 is 1.33 bits per heavy atom. The third-order valence-electron chi connectivity index (χ3n) is 6.38. The summed E-state index contributed by atoms with van der Waals surface area (Å²) in [5, 5.41) is 0. The molecular formula is C22H28N2O4S2. The highest BCUT2D eigenvalue weighted by molar-refractivity contribution is 7.89. The first-order valence-corrected chi connectivity index (χ1v) is 13.4. The summed E-state index contributed by atoms with van der Waals surface area (Å²) in [5.41, 5.74) is 0.977. The van der Waals surface area contributed by atoms with Gasteiger partial charge in [0.2, 0.25) is 20.0 Å². The van der Waals surface area contributed by atoms with Gasteiger partial charge in [0.05, 0.1) is 9.79 Å². The lowest BCUT2D eigenvalue weighted by molar-refractivity contribution is 0.432. The van der Waals surface area contributed by atoms with Gasteiger partial charge in [-0.3, -0.25) is 0 Å². The Kier molecular flexibility index (Phi) is 6.03. The van der Waals surface area contributed by atoms with Crippen LogP contribution in [0.1, 0.15) is 44.1 Å². The Morgan fingerprint density at radius 1 is 0.767 bits per heavy atom. The molecule has 0 bridgehead atoms. The molecule has 30 heavy (non-hydrogen) atoms. The lowest BCUT2D eigenvalue weighted by Gasteiger charge is -2.30. The van der Waals surface area contributed by atoms with Crippen LogP contribution >= 0.6 is 0 Å². The van der Waals surface area contributed by atoms with E-state index in [1.807, 2.05) is 18.2 Å². The predicted octanol–water partition coefficient (Wildman–Crippen LogP) is 3.26. The van der Waals surface area contributed by atoms with Crippen molar-refractivity contribution in [1.82, 2.24) is 9.03 Å². The van der Waals surface area contributed by atoms with E-state index in [4.69, 9.17) is 0 Å². The van der Waals surface area contributed by atoms with Crippen LogP contribution in [0.2, 0.25) is 0 Å². The molecule has 1 saturated carbocycles. The Labute approximate surface area is 179 Å². The van der Waals surface area contributed by atoms with Crippen molar-refractivity contribution >= 4 is 20.0 Å². The van der Waals surface area contributed by atoms with Gasteiger partial charge in [0, 0.05) is 25.0 Å². The minimum Gasteiger partial charge on any atom is -0.210 e. The Hall–Kier alpha value is -1.74. The normalized spacial score (nSPS) is 19.9. The zero-order chi connectivity index (χ0) is 21.2. The van der Waals surface area contributed by atoms with E-state index < -0.39 is 20.0 Å². The first-order valence-electron chi connectivity index (χ1n) is 10.5. The van der Waals surface area contributed by atoms with Crippen molar-refractivity contribution in [3.63, 3.8) is 0 Å². The predicted molar refractivity (Wildman–Crippen MR) is 116 cm³/mol. The van der Waals surface area contributed by atoms with Gasteiger partial charge in [-0.15, -0.1) is 0 Å². The largest absolute Gasteiger partial charge is 0.243 e. The first-order chi connectivity index (χ1) is 14.3. The summed E-state index contributed by atoms with van der Waals surface area (Å²) in [6, 6.07) is 15.6. The van der Waals surface area contributed by atoms with Crippen LogP contribution in [-0.2, 0) is 25.5 Å². The van der Waals surface area contributed by atoms with Crippen molar-refractivity contribution in [1.29, 1.82) is 0 Å². The van der Waals surface area contributed by atoms with Gasteiger partial charge in [-0.05, 0) is 55.5 Å². The lowest BCUT2D eigenvalue weighted by Crippen LogP contribution is -2.39. The summed E-state index contributed by atoms with van der Waals surface area (Å²) in [6.45, 7) is 1.38. The van der Waals surface area contributed by atoms with E-state index in [1.54, 1.807) is 0 Å². The van der Waals surface area contributed by atoms with E-state index in [-0.39, 0.29) is 15.2 Å². The second-order valence-electron chi connectivity index (χ2n) is 8.26. The molecule has 2 fully saturated rings. The maximum atomic E-state index is 12.9. The van der Waals surface area contributed by atoms with E-state index >= 15 is 0 Å². The lowest BCUT2D eigenvalue weighted by atomic mass is 9.79. The minimum atomic E-state index is -3.73. The quantitative estimate of drug-likeness (QED) is 0.705. The zero-order valence-corrected chi connectivity index (χ0v) is 18.6. The molecule has 1 aliphatic carbocycles. The molecule has 0 radical (unpaired) electrons. The molecule has 1 aliphatic heterocycles. The molecule has 2 aromatic carbocycles. The summed E-state index contributed by atoms with van der Waals surface area (Å²) in [6.07, 6.45) is 5.79. The highest BCUT2D eigenvalue weighted by atomic mass is 32.2. The molecule has 6 nitrogen and oxygen atoms in total. The van der Waals surface area contributed by atoms with E-state index in [1.165, 1.54) is 28.6 Å². The van der Waals surface area contributed by atoms with Crippen molar-refractivity contribution in [3.8, 4) is 0 Å². The van der Waals surface area contributed by atoms with Gasteiger partial charge >= 0.3 is 0 Å². The number of nitrogens with zero attached hydrogens (tertiary/aromatic N) is 1. The summed E-state index contributed by atoms with van der Waals surface area (Å²) < 4.78 is 55.4. The molecule has 2 aliphatic rings. The second-order valence-corrected chi connectivity index (χ2v) is 12.0. The molecule has 162 valence electrons. The van der Waals surface area contributed by atoms with Gasteiger partial charge < -0.3 is 0 Å². The molecule has 0 spiro atoms. The Bertz CT molecular complexity index is 1070. The molecule has 0 atom stereocenters. The molecule has 4 rings (SSSR count). The fourth-order valence-corrected chi connectivity index (χ4v) is 7.24. The van der Waals surface area contributed by atoms with Gasteiger partial charge in [-0.25, -0.2) is 21.6 Å². The maximum Gasteiger partial charge on any atom is 0.243 e. The molecule has 2 aromatic rings. The van der Waals surface area contributed by atoms with Crippen molar-refractivity contribution in [3.05, 3.63) is 60.2 Å².